The molecule has 0 radical (unpaired) electrons. The van der Waals surface area contributed by atoms with Crippen LogP contribution in [0.4, 0.5) is 8.78 Å². The maximum Gasteiger partial charge on any atom is 0.252 e. The third kappa shape index (κ3) is 5.13. The highest BCUT2D eigenvalue weighted by atomic mass is 32.2. The monoisotopic (exact) mass is 465 g/mol. The lowest BCUT2D eigenvalue weighted by molar-refractivity contribution is -0.122. The average molecular weight is 466 g/mol. The lowest BCUT2D eigenvalue weighted by atomic mass is 10.0. The second-order valence-corrected chi connectivity index (χ2v) is 9.74. The number of hydrogen-bond donors (Lipinski definition) is 2. The third-order valence-corrected chi connectivity index (χ3v) is 7.47. The number of benzene rings is 2. The van der Waals surface area contributed by atoms with Crippen molar-refractivity contribution in [2.45, 2.75) is 30.7 Å². The summed E-state index contributed by atoms with van der Waals surface area (Å²) in [6.07, 6.45) is 1.59. The Morgan fingerprint density at radius 2 is 1.66 bits per heavy atom. The molecule has 2 amide bonds. The second kappa shape index (κ2) is 9.74. The summed E-state index contributed by atoms with van der Waals surface area (Å²) in [5.41, 5.74) is 0.183. The normalized spacial score (nSPS) is 16.4. The zero-order chi connectivity index (χ0) is 23.5. The van der Waals surface area contributed by atoms with Crippen molar-refractivity contribution in [3.63, 3.8) is 0 Å². The molecule has 1 unspecified atom stereocenters. The molecule has 1 fully saturated rings. The van der Waals surface area contributed by atoms with Crippen molar-refractivity contribution in [1.29, 1.82) is 0 Å². The number of hydrogen-bond acceptors (Lipinski definition) is 4. The third-order valence-electron chi connectivity index (χ3n) is 5.56. The first-order valence-corrected chi connectivity index (χ1v) is 11.6. The number of sulfonamides is 1. The Balaban J connectivity index is 1.78. The van der Waals surface area contributed by atoms with Gasteiger partial charge in [-0.2, -0.15) is 4.31 Å². The smallest absolute Gasteiger partial charge is 0.252 e. The molecule has 1 aliphatic rings. The fourth-order valence-corrected chi connectivity index (χ4v) is 4.97. The van der Waals surface area contributed by atoms with E-state index in [0.29, 0.717) is 19.0 Å². The van der Waals surface area contributed by atoms with Crippen molar-refractivity contribution in [1.82, 2.24) is 14.9 Å². The minimum atomic E-state index is -3.66. The van der Waals surface area contributed by atoms with Crippen LogP contribution < -0.4 is 10.6 Å². The number of nitrogens with one attached hydrogen (secondary N) is 2. The van der Waals surface area contributed by atoms with Crippen LogP contribution in [0.2, 0.25) is 0 Å². The molecule has 0 spiro atoms. The van der Waals surface area contributed by atoms with Gasteiger partial charge in [-0.05, 0) is 60.7 Å². The molecule has 3 rings (SSSR count). The largest absolute Gasteiger partial charge is 0.357 e. The van der Waals surface area contributed by atoms with Gasteiger partial charge in [-0.25, -0.2) is 17.2 Å². The van der Waals surface area contributed by atoms with E-state index in [2.05, 4.69) is 17.6 Å². The van der Waals surface area contributed by atoms with E-state index < -0.39 is 39.5 Å². The quantitative estimate of drug-likeness (QED) is 0.686. The Morgan fingerprint density at radius 3 is 2.22 bits per heavy atom. The number of carbonyl (C=O) groups is 2. The number of halogens is 2. The standard InChI is InChI=1S/C22H25F2N3O4S/c1-14-9-11-27(12-10-14)32(30,31)17-6-3-15(4-7-17)21(28)26-20(22(29)25-2)16-5-8-18(23)19(24)13-16/h3-8,13-14,20H,9-12H2,1-2H3,(H,25,29)(H,26,28). The van der Waals surface area contributed by atoms with Crippen LogP contribution in [-0.4, -0.2) is 44.7 Å². The van der Waals surface area contributed by atoms with Crippen LogP contribution >= 0.6 is 0 Å². The molecule has 0 saturated carbocycles. The lowest BCUT2D eigenvalue weighted by Gasteiger charge is -2.29. The Morgan fingerprint density at radius 1 is 1.03 bits per heavy atom. The molecule has 0 aliphatic carbocycles. The van der Waals surface area contributed by atoms with E-state index in [1.807, 2.05) is 0 Å². The fourth-order valence-electron chi connectivity index (χ4n) is 3.50. The van der Waals surface area contributed by atoms with Crippen LogP contribution in [-0.2, 0) is 14.8 Å². The summed E-state index contributed by atoms with van der Waals surface area (Å²) in [5.74, 6) is -3.03. The van der Waals surface area contributed by atoms with Crippen LogP contribution in [0.15, 0.2) is 47.4 Å². The summed E-state index contributed by atoms with van der Waals surface area (Å²) in [4.78, 5) is 25.0. The summed E-state index contributed by atoms with van der Waals surface area (Å²) in [5, 5.41) is 4.84. The molecule has 1 atom stereocenters. The predicted octanol–water partition coefficient (Wildman–Crippen LogP) is 2.60. The number of likely N-dealkylation sites (N-methyl/N-ethyl adjacent to an activating group) is 1. The van der Waals surface area contributed by atoms with Crippen molar-refractivity contribution in [2.24, 2.45) is 5.92 Å². The molecule has 172 valence electrons. The first kappa shape index (κ1) is 23.8. The van der Waals surface area contributed by atoms with E-state index in [4.69, 9.17) is 0 Å². The fraction of sp³-hybridized carbons (Fsp3) is 0.364. The summed E-state index contributed by atoms with van der Waals surface area (Å²) >= 11 is 0. The lowest BCUT2D eigenvalue weighted by Crippen LogP contribution is -2.39. The van der Waals surface area contributed by atoms with Gasteiger partial charge >= 0.3 is 0 Å². The molecule has 1 heterocycles. The van der Waals surface area contributed by atoms with Crippen molar-refractivity contribution in [3.8, 4) is 0 Å². The summed E-state index contributed by atoms with van der Waals surface area (Å²) in [6.45, 7) is 2.99. The Labute approximate surface area is 185 Å². The van der Waals surface area contributed by atoms with E-state index in [1.54, 1.807) is 0 Å². The van der Waals surface area contributed by atoms with Gasteiger partial charge in [-0.15, -0.1) is 0 Å². The molecule has 2 N–H and O–H groups in total. The molecule has 2 aromatic rings. The predicted molar refractivity (Wildman–Crippen MR) is 114 cm³/mol. The molecule has 1 saturated heterocycles. The summed E-state index contributed by atoms with van der Waals surface area (Å²) < 4.78 is 54.0. The first-order chi connectivity index (χ1) is 15.1. The topological polar surface area (TPSA) is 95.6 Å². The van der Waals surface area contributed by atoms with Crippen LogP contribution in [0.1, 0.15) is 41.7 Å². The van der Waals surface area contributed by atoms with E-state index in [1.165, 1.54) is 41.7 Å². The minimum absolute atomic E-state index is 0.0649. The van der Waals surface area contributed by atoms with Crippen LogP contribution in [0.25, 0.3) is 0 Å². The minimum Gasteiger partial charge on any atom is -0.357 e. The number of rotatable bonds is 6. The number of carbonyl (C=O) groups excluding carboxylic acids is 2. The van der Waals surface area contributed by atoms with Crippen molar-refractivity contribution < 1.29 is 26.8 Å². The van der Waals surface area contributed by atoms with Gasteiger partial charge in [0.05, 0.1) is 4.90 Å². The molecular formula is C22H25F2N3O4S. The van der Waals surface area contributed by atoms with Gasteiger partial charge in [0.15, 0.2) is 11.6 Å². The molecule has 1 aliphatic heterocycles. The Bertz CT molecular complexity index is 1100. The molecular weight excluding hydrogens is 440 g/mol. The highest BCUT2D eigenvalue weighted by Gasteiger charge is 2.28. The summed E-state index contributed by atoms with van der Waals surface area (Å²) in [7, 11) is -2.31. The van der Waals surface area contributed by atoms with Gasteiger partial charge in [-0.1, -0.05) is 13.0 Å². The SMILES string of the molecule is CNC(=O)C(NC(=O)c1ccc(S(=O)(=O)N2CCC(C)CC2)cc1)c1ccc(F)c(F)c1. The first-order valence-electron chi connectivity index (χ1n) is 10.2. The molecule has 0 aromatic heterocycles. The summed E-state index contributed by atoms with van der Waals surface area (Å²) in [6, 6.07) is 7.03. The average Bonchev–Trinajstić information content (AvgIpc) is 2.79. The second-order valence-electron chi connectivity index (χ2n) is 7.81. The highest BCUT2D eigenvalue weighted by Crippen LogP contribution is 2.24. The zero-order valence-electron chi connectivity index (χ0n) is 17.8. The van der Waals surface area contributed by atoms with E-state index >= 15 is 0 Å². The molecule has 10 heteroatoms. The van der Waals surface area contributed by atoms with Gasteiger partial charge < -0.3 is 10.6 Å². The van der Waals surface area contributed by atoms with Crippen molar-refractivity contribution in [2.75, 3.05) is 20.1 Å². The van der Waals surface area contributed by atoms with Crippen molar-refractivity contribution >= 4 is 21.8 Å². The Hall–Kier alpha value is -2.85. The maximum atomic E-state index is 13.6. The number of piperidine rings is 1. The van der Waals surface area contributed by atoms with E-state index in [-0.39, 0.29) is 16.0 Å². The van der Waals surface area contributed by atoms with Crippen LogP contribution in [0, 0.1) is 17.6 Å². The van der Waals surface area contributed by atoms with Gasteiger partial charge in [0.25, 0.3) is 5.91 Å². The number of amides is 2. The molecule has 2 aromatic carbocycles. The number of nitrogens with zero attached hydrogens (tertiary/aromatic N) is 1. The molecule has 7 nitrogen and oxygen atoms in total. The van der Waals surface area contributed by atoms with Gasteiger partial charge in [0.1, 0.15) is 6.04 Å². The van der Waals surface area contributed by atoms with Crippen molar-refractivity contribution in [3.05, 3.63) is 65.2 Å². The highest BCUT2D eigenvalue weighted by molar-refractivity contribution is 7.89. The van der Waals surface area contributed by atoms with E-state index in [0.717, 1.165) is 25.0 Å². The van der Waals surface area contributed by atoms with Gasteiger partial charge in [-0.3, -0.25) is 9.59 Å². The zero-order valence-corrected chi connectivity index (χ0v) is 18.6. The molecule has 0 bridgehead atoms. The van der Waals surface area contributed by atoms with Crippen LogP contribution in [0.5, 0.6) is 0 Å². The van der Waals surface area contributed by atoms with Gasteiger partial charge in [0, 0.05) is 25.7 Å². The van der Waals surface area contributed by atoms with Gasteiger partial charge in [0.2, 0.25) is 15.9 Å². The van der Waals surface area contributed by atoms with E-state index in [9.17, 15) is 26.8 Å². The maximum absolute atomic E-state index is 13.6. The Kier molecular flexibility index (Phi) is 7.25. The van der Waals surface area contributed by atoms with Crippen LogP contribution in [0.3, 0.4) is 0 Å². The molecule has 32 heavy (non-hydrogen) atoms.